The van der Waals surface area contributed by atoms with Crippen LogP contribution >= 0.6 is 15.9 Å². The molecule has 0 amide bonds. The lowest BCUT2D eigenvalue weighted by Crippen LogP contribution is -2.00. The van der Waals surface area contributed by atoms with Crippen molar-refractivity contribution in [2.45, 2.75) is 13.2 Å². The van der Waals surface area contributed by atoms with E-state index in [1.165, 1.54) is 0 Å². The van der Waals surface area contributed by atoms with Crippen molar-refractivity contribution >= 4 is 35.3 Å². The molecule has 0 N–H and O–H groups in total. The number of carbonyl (C=O) groups is 2. The molecule has 4 heteroatoms. The van der Waals surface area contributed by atoms with Crippen LogP contribution in [0.1, 0.15) is 26.3 Å². The molecule has 2 aromatic rings. The van der Waals surface area contributed by atoms with E-state index in [0.717, 1.165) is 16.7 Å². The van der Waals surface area contributed by atoms with Crippen LogP contribution in [-0.2, 0) is 0 Å². The van der Waals surface area contributed by atoms with E-state index in [1.54, 1.807) is 6.07 Å². The Bertz CT molecular complexity index is 678. The van der Waals surface area contributed by atoms with Crippen LogP contribution in [0.4, 0.5) is 0 Å². The number of carbonyl (C=O) groups excluding carboxylic acids is 2. The van der Waals surface area contributed by atoms with E-state index in [4.69, 9.17) is 7.85 Å². The number of halogens is 1. The third kappa shape index (κ3) is 3.51. The molecule has 2 aromatic carbocycles. The lowest BCUT2D eigenvalue weighted by molar-refractivity contribution is 0.101. The van der Waals surface area contributed by atoms with Gasteiger partial charge in [0.15, 0.2) is 11.6 Å². The van der Waals surface area contributed by atoms with Gasteiger partial charge in [0.05, 0.1) is 13.2 Å². The minimum absolute atomic E-state index is 0.0160. The van der Waals surface area contributed by atoms with E-state index in [-0.39, 0.29) is 17.9 Å². The third-order valence-corrected chi connectivity index (χ3v) is 3.88. The second kappa shape index (κ2) is 6.86. The average Bonchev–Trinajstić information content (AvgIpc) is 2.53. The van der Waals surface area contributed by atoms with Crippen molar-refractivity contribution in [3.8, 4) is 11.1 Å². The molecule has 0 unspecified atom stereocenters. The van der Waals surface area contributed by atoms with Gasteiger partial charge in [0.1, 0.15) is 0 Å². The zero-order chi connectivity index (χ0) is 15.4. The van der Waals surface area contributed by atoms with Gasteiger partial charge in [-0.3, -0.25) is 9.59 Å². The number of benzene rings is 2. The lowest BCUT2D eigenvalue weighted by atomic mass is 9.92. The maximum atomic E-state index is 11.6. The molecule has 0 aliphatic carbocycles. The summed E-state index contributed by atoms with van der Waals surface area (Å²) in [6, 6.07) is 13.0. The summed E-state index contributed by atoms with van der Waals surface area (Å²) in [5, 5.41) is 0.321. The van der Waals surface area contributed by atoms with Crippen LogP contribution in [0, 0.1) is 6.92 Å². The molecule has 0 saturated carbocycles. The van der Waals surface area contributed by atoms with Crippen molar-refractivity contribution in [2.75, 3.05) is 5.33 Å². The highest BCUT2D eigenvalue weighted by Gasteiger charge is 2.08. The Morgan fingerprint density at radius 1 is 1.00 bits per heavy atom. The highest BCUT2D eigenvalue weighted by molar-refractivity contribution is 9.09. The van der Waals surface area contributed by atoms with Gasteiger partial charge in [-0.05, 0) is 36.0 Å². The standard InChI is InChI=1S/C17H14BBrO2/c1-11-8-14(16(20)9-18)6-7-15(11)12-2-4-13(5-3-12)17(21)10-19/h2-8H,9-10H2,1H3. The smallest absolute Gasteiger partial charge is 0.173 e. The van der Waals surface area contributed by atoms with Gasteiger partial charge in [-0.1, -0.05) is 52.3 Å². The van der Waals surface area contributed by atoms with E-state index >= 15 is 0 Å². The number of rotatable bonds is 5. The van der Waals surface area contributed by atoms with Crippen LogP contribution in [0.5, 0.6) is 0 Å². The van der Waals surface area contributed by atoms with E-state index in [0.29, 0.717) is 16.5 Å². The Balaban J connectivity index is 2.34. The van der Waals surface area contributed by atoms with Crippen molar-refractivity contribution < 1.29 is 9.59 Å². The van der Waals surface area contributed by atoms with Gasteiger partial charge < -0.3 is 0 Å². The van der Waals surface area contributed by atoms with Crippen molar-refractivity contribution in [3.05, 3.63) is 59.2 Å². The van der Waals surface area contributed by atoms with Crippen LogP contribution in [0.2, 0.25) is 6.32 Å². The van der Waals surface area contributed by atoms with E-state index in [1.807, 2.05) is 43.3 Å². The molecule has 21 heavy (non-hydrogen) atoms. The first-order valence-corrected chi connectivity index (χ1v) is 7.72. The number of hydrogen-bond donors (Lipinski definition) is 0. The molecule has 0 saturated heterocycles. The number of hydrogen-bond acceptors (Lipinski definition) is 2. The molecule has 0 spiro atoms. The predicted octanol–water partition coefficient (Wildman–Crippen LogP) is 4.01. The molecule has 104 valence electrons. The van der Waals surface area contributed by atoms with Crippen molar-refractivity contribution in [1.82, 2.24) is 0 Å². The maximum Gasteiger partial charge on any atom is 0.173 e. The maximum absolute atomic E-state index is 11.6. The number of aryl methyl sites for hydroxylation is 1. The third-order valence-electron chi connectivity index (χ3n) is 3.37. The number of ketones is 2. The van der Waals surface area contributed by atoms with Gasteiger partial charge in [-0.15, -0.1) is 0 Å². The van der Waals surface area contributed by atoms with Gasteiger partial charge in [0.2, 0.25) is 0 Å². The summed E-state index contributed by atoms with van der Waals surface area (Å²) in [6.45, 7) is 1.96. The molecular formula is C17H14BBrO2. The minimum Gasteiger partial charge on any atom is -0.295 e. The summed E-state index contributed by atoms with van der Waals surface area (Å²) in [5.41, 5.74) is 4.38. The Morgan fingerprint density at radius 2 is 1.62 bits per heavy atom. The second-order valence-electron chi connectivity index (χ2n) is 4.79. The summed E-state index contributed by atoms with van der Waals surface area (Å²) in [5.74, 6) is -0.00919. The largest absolute Gasteiger partial charge is 0.295 e. The number of Topliss-reactive ketones (excluding diaryl/α,β-unsaturated/α-hetero) is 2. The Morgan fingerprint density at radius 3 is 2.14 bits per heavy atom. The molecule has 0 aromatic heterocycles. The average molecular weight is 341 g/mol. The van der Waals surface area contributed by atoms with Gasteiger partial charge in [0, 0.05) is 11.1 Å². The molecule has 2 rings (SSSR count). The molecule has 0 bridgehead atoms. The lowest BCUT2D eigenvalue weighted by Gasteiger charge is -2.09. The summed E-state index contributed by atoms with van der Waals surface area (Å²) in [6.07, 6.45) is 0.0160. The second-order valence-corrected chi connectivity index (χ2v) is 5.35. The number of alkyl halides is 1. The van der Waals surface area contributed by atoms with Gasteiger partial charge >= 0.3 is 0 Å². The van der Waals surface area contributed by atoms with E-state index in [2.05, 4.69) is 15.9 Å². The highest BCUT2D eigenvalue weighted by Crippen LogP contribution is 2.25. The molecule has 0 atom stereocenters. The summed E-state index contributed by atoms with van der Waals surface area (Å²) in [4.78, 5) is 23.2. The molecule has 0 fully saturated rings. The van der Waals surface area contributed by atoms with Crippen molar-refractivity contribution in [3.63, 3.8) is 0 Å². The summed E-state index contributed by atoms with van der Waals surface area (Å²) in [7, 11) is 5.38. The highest BCUT2D eigenvalue weighted by atomic mass is 79.9. The van der Waals surface area contributed by atoms with Gasteiger partial charge in [0.25, 0.3) is 0 Å². The van der Waals surface area contributed by atoms with Crippen LogP contribution in [0.15, 0.2) is 42.5 Å². The first kappa shape index (κ1) is 15.7. The first-order valence-electron chi connectivity index (χ1n) is 6.60. The molecule has 0 aliphatic heterocycles. The summed E-state index contributed by atoms with van der Waals surface area (Å²) < 4.78 is 0. The van der Waals surface area contributed by atoms with E-state index in [9.17, 15) is 9.59 Å². The van der Waals surface area contributed by atoms with Gasteiger partial charge in [-0.25, -0.2) is 0 Å². The van der Waals surface area contributed by atoms with Crippen molar-refractivity contribution in [2.24, 2.45) is 0 Å². The fourth-order valence-corrected chi connectivity index (χ4v) is 2.52. The quantitative estimate of drug-likeness (QED) is 0.468. The molecule has 0 aliphatic rings. The van der Waals surface area contributed by atoms with Gasteiger partial charge in [-0.2, -0.15) is 0 Å². The topological polar surface area (TPSA) is 34.1 Å². The van der Waals surface area contributed by atoms with Crippen LogP contribution < -0.4 is 0 Å². The normalized spacial score (nSPS) is 10.4. The zero-order valence-electron chi connectivity index (χ0n) is 11.7. The molecular weight excluding hydrogens is 327 g/mol. The fourth-order valence-electron chi connectivity index (χ4n) is 2.19. The molecule has 2 nitrogen and oxygen atoms in total. The predicted molar refractivity (Wildman–Crippen MR) is 89.6 cm³/mol. The van der Waals surface area contributed by atoms with E-state index < -0.39 is 0 Å². The Labute approximate surface area is 134 Å². The molecule has 0 heterocycles. The SMILES string of the molecule is [B]CC(=O)c1ccc(-c2ccc(C(=O)CBr)cc2)c(C)c1. The van der Waals surface area contributed by atoms with Crippen molar-refractivity contribution in [1.29, 1.82) is 0 Å². The Kier molecular flexibility index (Phi) is 5.13. The van der Waals surface area contributed by atoms with Crippen LogP contribution in [0.25, 0.3) is 11.1 Å². The molecule has 2 radical (unpaired) electrons. The summed E-state index contributed by atoms with van der Waals surface area (Å²) >= 11 is 3.16. The van der Waals surface area contributed by atoms with Crippen LogP contribution in [-0.4, -0.2) is 24.7 Å². The van der Waals surface area contributed by atoms with Crippen LogP contribution in [0.3, 0.4) is 0 Å². The minimum atomic E-state index is -0.0667. The Hall–Kier alpha value is -1.68. The zero-order valence-corrected chi connectivity index (χ0v) is 13.3. The monoisotopic (exact) mass is 340 g/mol. The fraction of sp³-hybridized carbons (Fsp3) is 0.176. The first-order chi connectivity index (χ1) is 10.1.